The maximum atomic E-state index is 13.9. The molecule has 5 nitrogen and oxygen atoms in total. The van der Waals surface area contributed by atoms with Crippen LogP contribution in [0.1, 0.15) is 5.56 Å². The molecule has 0 aliphatic heterocycles. The summed E-state index contributed by atoms with van der Waals surface area (Å²) in [6.07, 6.45) is 0.913. The van der Waals surface area contributed by atoms with Crippen molar-refractivity contribution in [3.63, 3.8) is 0 Å². The van der Waals surface area contributed by atoms with Gasteiger partial charge in [-0.15, -0.1) is 9.19 Å². The van der Waals surface area contributed by atoms with Crippen molar-refractivity contribution in [2.75, 3.05) is 0 Å². The van der Waals surface area contributed by atoms with Crippen LogP contribution in [0.2, 0.25) is 0 Å². The molecule has 0 fully saturated rings. The van der Waals surface area contributed by atoms with E-state index in [0.717, 1.165) is 18.5 Å². The molecule has 23 heavy (non-hydrogen) atoms. The Kier molecular flexibility index (Phi) is 3.69. The molecule has 0 aliphatic rings. The Morgan fingerprint density at radius 1 is 1.04 bits per heavy atom. The molecule has 0 amide bonds. The minimum Gasteiger partial charge on any atom is -0.214 e. The molecule has 0 N–H and O–H groups in total. The number of nitrogens with zero attached hydrogens (tertiary/aromatic N) is 3. The minimum absolute atomic E-state index is 0.141. The molecule has 0 unspecified atom stereocenters. The third-order valence-electron chi connectivity index (χ3n) is 3.15. The molecular formula is C15H11F2N3O2S. The van der Waals surface area contributed by atoms with Crippen LogP contribution < -0.4 is 0 Å². The topological polar surface area (TPSA) is 64.8 Å². The molecule has 3 rings (SSSR count). The van der Waals surface area contributed by atoms with Crippen LogP contribution in [-0.4, -0.2) is 22.6 Å². The second kappa shape index (κ2) is 5.54. The van der Waals surface area contributed by atoms with Crippen LogP contribution in [-0.2, 0) is 10.0 Å². The van der Waals surface area contributed by atoms with E-state index in [4.69, 9.17) is 0 Å². The fourth-order valence-electron chi connectivity index (χ4n) is 2.11. The zero-order valence-electron chi connectivity index (χ0n) is 11.9. The lowest BCUT2D eigenvalue weighted by atomic mass is 10.2. The second-order valence-corrected chi connectivity index (χ2v) is 6.60. The van der Waals surface area contributed by atoms with Gasteiger partial charge in [0.1, 0.15) is 18.0 Å². The van der Waals surface area contributed by atoms with Gasteiger partial charge < -0.3 is 0 Å². The van der Waals surface area contributed by atoms with Crippen molar-refractivity contribution in [3.8, 4) is 11.4 Å². The molecule has 0 saturated carbocycles. The quantitative estimate of drug-likeness (QED) is 0.738. The molecular weight excluding hydrogens is 324 g/mol. The van der Waals surface area contributed by atoms with Gasteiger partial charge in [-0.2, -0.15) is 8.42 Å². The molecule has 118 valence electrons. The summed E-state index contributed by atoms with van der Waals surface area (Å²) in [5, 5.41) is 3.82. The van der Waals surface area contributed by atoms with Crippen molar-refractivity contribution in [2.45, 2.75) is 11.8 Å². The molecule has 8 heteroatoms. The lowest BCUT2D eigenvalue weighted by Crippen LogP contribution is -2.17. The predicted octanol–water partition coefficient (Wildman–Crippen LogP) is 2.77. The lowest BCUT2D eigenvalue weighted by Gasteiger charge is -2.07. The van der Waals surface area contributed by atoms with Crippen molar-refractivity contribution in [1.29, 1.82) is 0 Å². The van der Waals surface area contributed by atoms with Gasteiger partial charge in [0.05, 0.1) is 0 Å². The Bertz CT molecular complexity index is 946. The summed E-state index contributed by atoms with van der Waals surface area (Å²) < 4.78 is 53.2. The summed E-state index contributed by atoms with van der Waals surface area (Å²) in [5.74, 6) is -2.19. The van der Waals surface area contributed by atoms with E-state index in [2.05, 4.69) is 10.1 Å². The van der Waals surface area contributed by atoms with E-state index < -0.39 is 26.6 Å². The first kappa shape index (κ1) is 15.3. The second-order valence-electron chi connectivity index (χ2n) is 4.87. The van der Waals surface area contributed by atoms with Gasteiger partial charge in [0.15, 0.2) is 10.7 Å². The molecule has 0 spiro atoms. The first-order valence-corrected chi connectivity index (χ1v) is 8.02. The molecule has 0 atom stereocenters. The highest BCUT2D eigenvalue weighted by atomic mass is 32.2. The Balaban J connectivity index is 2.10. The average molecular weight is 335 g/mol. The Morgan fingerprint density at radius 3 is 2.26 bits per heavy atom. The molecule has 0 bridgehead atoms. The van der Waals surface area contributed by atoms with Gasteiger partial charge in [0.2, 0.25) is 0 Å². The first-order valence-electron chi connectivity index (χ1n) is 6.58. The van der Waals surface area contributed by atoms with Crippen LogP contribution in [0.25, 0.3) is 11.4 Å². The van der Waals surface area contributed by atoms with Crippen molar-refractivity contribution >= 4 is 10.0 Å². The number of benzene rings is 2. The van der Waals surface area contributed by atoms with E-state index in [1.807, 2.05) is 0 Å². The number of hydrogen-bond acceptors (Lipinski definition) is 4. The van der Waals surface area contributed by atoms with Gasteiger partial charge in [-0.05, 0) is 24.6 Å². The van der Waals surface area contributed by atoms with Crippen molar-refractivity contribution < 1.29 is 17.2 Å². The van der Waals surface area contributed by atoms with E-state index >= 15 is 0 Å². The van der Waals surface area contributed by atoms with E-state index in [1.54, 1.807) is 30.3 Å². The number of aromatic nitrogens is 3. The van der Waals surface area contributed by atoms with Gasteiger partial charge >= 0.3 is 0 Å². The molecule has 0 saturated heterocycles. The zero-order chi connectivity index (χ0) is 16.6. The zero-order valence-corrected chi connectivity index (χ0v) is 12.8. The highest BCUT2D eigenvalue weighted by molar-refractivity contribution is 7.89. The van der Waals surface area contributed by atoms with Crippen LogP contribution in [0, 0.1) is 18.6 Å². The predicted molar refractivity (Wildman–Crippen MR) is 79.1 cm³/mol. The van der Waals surface area contributed by atoms with Gasteiger partial charge in [-0.25, -0.2) is 13.8 Å². The van der Waals surface area contributed by atoms with E-state index in [9.17, 15) is 17.2 Å². The van der Waals surface area contributed by atoms with Gasteiger partial charge in [-0.3, -0.25) is 0 Å². The van der Waals surface area contributed by atoms with Crippen LogP contribution in [0.5, 0.6) is 0 Å². The maximum Gasteiger partial charge on any atom is 0.290 e. The summed E-state index contributed by atoms with van der Waals surface area (Å²) in [4.78, 5) is 2.83. The maximum absolute atomic E-state index is 13.9. The Morgan fingerprint density at radius 2 is 1.65 bits per heavy atom. The molecule has 0 radical (unpaired) electrons. The monoisotopic (exact) mass is 335 g/mol. The SMILES string of the molecule is Cc1cc(F)c(S(=O)(=O)n2cnc(-c3ccccc3)n2)c(F)c1. The van der Waals surface area contributed by atoms with Crippen molar-refractivity contribution in [3.05, 3.63) is 66.0 Å². The fourth-order valence-corrected chi connectivity index (χ4v) is 3.26. The van der Waals surface area contributed by atoms with E-state index in [-0.39, 0.29) is 11.4 Å². The summed E-state index contributed by atoms with van der Waals surface area (Å²) in [6.45, 7) is 1.46. The van der Waals surface area contributed by atoms with Crippen LogP contribution in [0.4, 0.5) is 8.78 Å². The average Bonchev–Trinajstić information content (AvgIpc) is 2.97. The highest BCUT2D eigenvalue weighted by Crippen LogP contribution is 2.23. The molecule has 1 heterocycles. The minimum atomic E-state index is -4.51. The highest BCUT2D eigenvalue weighted by Gasteiger charge is 2.27. The molecule has 2 aromatic carbocycles. The van der Waals surface area contributed by atoms with Gasteiger partial charge in [0, 0.05) is 5.56 Å². The molecule has 1 aromatic heterocycles. The van der Waals surface area contributed by atoms with Crippen molar-refractivity contribution in [2.24, 2.45) is 0 Å². The van der Waals surface area contributed by atoms with E-state index in [0.29, 0.717) is 9.65 Å². The smallest absolute Gasteiger partial charge is 0.214 e. The normalized spacial score (nSPS) is 11.6. The summed E-state index contributed by atoms with van der Waals surface area (Å²) >= 11 is 0. The van der Waals surface area contributed by atoms with Crippen LogP contribution in [0.15, 0.2) is 53.7 Å². The Hall–Kier alpha value is -2.61. The summed E-state index contributed by atoms with van der Waals surface area (Å²) in [7, 11) is -4.51. The first-order chi connectivity index (χ1) is 10.9. The number of hydrogen-bond donors (Lipinski definition) is 0. The van der Waals surface area contributed by atoms with Crippen LogP contribution in [0.3, 0.4) is 0 Å². The number of aryl methyl sites for hydroxylation is 1. The third-order valence-corrected chi connectivity index (χ3v) is 4.73. The van der Waals surface area contributed by atoms with Crippen molar-refractivity contribution in [1.82, 2.24) is 14.2 Å². The van der Waals surface area contributed by atoms with E-state index in [1.165, 1.54) is 6.92 Å². The number of rotatable bonds is 3. The Labute approximate surface area is 131 Å². The molecule has 0 aliphatic carbocycles. The third kappa shape index (κ3) is 2.72. The van der Waals surface area contributed by atoms with Crippen LogP contribution >= 0.6 is 0 Å². The largest absolute Gasteiger partial charge is 0.290 e. The fraction of sp³-hybridized carbons (Fsp3) is 0.0667. The summed E-state index contributed by atoms with van der Waals surface area (Å²) in [5.41, 5.74) is 0.869. The standard InChI is InChI=1S/C15H11F2N3O2S/c1-10-7-12(16)14(13(17)8-10)23(21,22)20-9-18-15(19-20)11-5-3-2-4-6-11/h2-9H,1H3. The lowest BCUT2D eigenvalue weighted by molar-refractivity contribution is 0.512. The number of halogens is 2. The summed E-state index contributed by atoms with van der Waals surface area (Å²) in [6, 6.07) is 10.6. The van der Waals surface area contributed by atoms with Gasteiger partial charge in [-0.1, -0.05) is 30.3 Å². The molecule has 3 aromatic rings. The van der Waals surface area contributed by atoms with Gasteiger partial charge in [0.25, 0.3) is 10.0 Å².